The van der Waals surface area contributed by atoms with E-state index in [2.05, 4.69) is 0 Å². The summed E-state index contributed by atoms with van der Waals surface area (Å²) in [5.41, 5.74) is 0. The number of thioether (sulfide) groups is 1. The van der Waals surface area contributed by atoms with Crippen LogP contribution in [0.25, 0.3) is 0 Å². The molecule has 0 unspecified atom stereocenters. The van der Waals surface area contributed by atoms with Gasteiger partial charge in [0.05, 0.1) is 33.0 Å². The van der Waals surface area contributed by atoms with Crippen LogP contribution in [0.2, 0.25) is 6.04 Å². The summed E-state index contributed by atoms with van der Waals surface area (Å²) in [6.07, 6.45) is 1.04. The van der Waals surface area contributed by atoms with Gasteiger partial charge in [0, 0.05) is 38.7 Å². The highest BCUT2D eigenvalue weighted by atomic mass is 32.2. The minimum Gasteiger partial charge on any atom is -0.382 e. The van der Waals surface area contributed by atoms with Gasteiger partial charge in [-0.1, -0.05) is 0 Å². The third-order valence-electron chi connectivity index (χ3n) is 3.04. The van der Waals surface area contributed by atoms with Crippen LogP contribution in [0, 0.1) is 0 Å². The Hall–Kier alpha value is 0.327. The molecule has 0 amide bonds. The van der Waals surface area contributed by atoms with Crippen molar-refractivity contribution in [2.75, 3.05) is 71.5 Å². The van der Waals surface area contributed by atoms with Crippen LogP contribution in [0.3, 0.4) is 0 Å². The van der Waals surface area contributed by atoms with Crippen molar-refractivity contribution in [1.82, 2.24) is 0 Å². The predicted octanol–water partition coefficient (Wildman–Crippen LogP) is 2.84. The topological polar surface area (TPSA) is 55.4 Å². The number of hydrogen-bond donors (Lipinski definition) is 0. The molecule has 0 aromatic rings. The summed E-state index contributed by atoms with van der Waals surface area (Å²) < 4.78 is 33.3. The largest absolute Gasteiger partial charge is 0.500 e. The number of methoxy groups -OCH3 is 1. The van der Waals surface area contributed by atoms with Crippen molar-refractivity contribution >= 4 is 20.6 Å². The van der Waals surface area contributed by atoms with Crippen LogP contribution in [0.15, 0.2) is 0 Å². The van der Waals surface area contributed by atoms with Gasteiger partial charge in [-0.2, -0.15) is 11.8 Å². The molecule has 0 aliphatic carbocycles. The Morgan fingerprint density at radius 3 is 1.79 bits per heavy atom. The van der Waals surface area contributed by atoms with Gasteiger partial charge < -0.3 is 27.5 Å². The van der Waals surface area contributed by atoms with E-state index < -0.39 is 8.80 Å². The number of rotatable bonds is 19. The molecule has 24 heavy (non-hydrogen) atoms. The average molecular weight is 385 g/mol. The fourth-order valence-electron chi connectivity index (χ4n) is 2.08. The summed E-state index contributed by atoms with van der Waals surface area (Å²) in [7, 11) is -0.797. The van der Waals surface area contributed by atoms with Gasteiger partial charge in [0.15, 0.2) is 0 Å². The normalized spacial score (nSPS) is 12.0. The van der Waals surface area contributed by atoms with E-state index in [0.29, 0.717) is 46.2 Å². The van der Waals surface area contributed by atoms with Crippen LogP contribution in [-0.2, 0) is 27.5 Å². The van der Waals surface area contributed by atoms with Crippen LogP contribution >= 0.6 is 11.8 Å². The molecule has 0 fully saturated rings. The first-order valence-corrected chi connectivity index (χ1v) is 12.0. The second kappa shape index (κ2) is 18.1. The average Bonchev–Trinajstić information content (AvgIpc) is 2.56. The Balaban J connectivity index is 3.60. The van der Waals surface area contributed by atoms with E-state index in [9.17, 15) is 0 Å². The van der Waals surface area contributed by atoms with Gasteiger partial charge in [0.1, 0.15) is 0 Å². The van der Waals surface area contributed by atoms with E-state index in [4.69, 9.17) is 27.5 Å². The molecule has 0 radical (unpaired) electrons. The first-order chi connectivity index (χ1) is 11.7. The summed E-state index contributed by atoms with van der Waals surface area (Å²) in [5, 5.41) is 0. The Labute approximate surface area is 153 Å². The molecular weight excluding hydrogens is 348 g/mol. The Morgan fingerprint density at radius 2 is 1.25 bits per heavy atom. The van der Waals surface area contributed by atoms with Crippen molar-refractivity contribution in [3.05, 3.63) is 0 Å². The molecule has 0 aromatic heterocycles. The lowest BCUT2D eigenvalue weighted by molar-refractivity contribution is 0.0286. The standard InChI is InChI=1S/C16H36O6SSi/c1-5-20-24(21-6-2,22-7-3)16-8-14-23-15-13-19-12-11-18-10-9-17-4/h5-16H2,1-4H3. The van der Waals surface area contributed by atoms with E-state index in [1.165, 1.54) is 0 Å². The molecule has 0 atom stereocenters. The SMILES string of the molecule is CCO[Si](CCCSCCOCCOCCOC)(OCC)OCC. The van der Waals surface area contributed by atoms with Crippen molar-refractivity contribution in [1.29, 1.82) is 0 Å². The van der Waals surface area contributed by atoms with Crippen molar-refractivity contribution in [2.45, 2.75) is 33.2 Å². The van der Waals surface area contributed by atoms with E-state index in [1.54, 1.807) is 7.11 Å². The summed E-state index contributed by atoms with van der Waals surface area (Å²) in [6, 6.07) is 0.879. The van der Waals surface area contributed by atoms with Crippen molar-refractivity contribution in [3.63, 3.8) is 0 Å². The molecule has 0 saturated carbocycles. The fourth-order valence-corrected chi connectivity index (χ4v) is 5.73. The quantitative estimate of drug-likeness (QED) is 0.251. The summed E-state index contributed by atoms with van der Waals surface area (Å²) in [5.74, 6) is 2.06. The van der Waals surface area contributed by atoms with Gasteiger partial charge >= 0.3 is 8.80 Å². The zero-order valence-electron chi connectivity index (χ0n) is 15.8. The van der Waals surface area contributed by atoms with Crippen molar-refractivity contribution < 1.29 is 27.5 Å². The second-order valence-corrected chi connectivity index (χ2v) is 8.87. The third-order valence-corrected chi connectivity index (χ3v) is 7.22. The van der Waals surface area contributed by atoms with E-state index in [-0.39, 0.29) is 0 Å². The zero-order chi connectivity index (χ0) is 17.9. The molecule has 0 heterocycles. The lowest BCUT2D eigenvalue weighted by atomic mass is 10.6. The molecule has 0 aromatic carbocycles. The Morgan fingerprint density at radius 1 is 0.708 bits per heavy atom. The van der Waals surface area contributed by atoms with Crippen LogP contribution in [-0.4, -0.2) is 80.3 Å². The van der Waals surface area contributed by atoms with Gasteiger partial charge in [-0.15, -0.1) is 0 Å². The van der Waals surface area contributed by atoms with Gasteiger partial charge in [-0.3, -0.25) is 0 Å². The Bertz CT molecular complexity index is 244. The van der Waals surface area contributed by atoms with E-state index in [0.717, 1.165) is 30.6 Å². The minimum absolute atomic E-state index is 0.624. The molecule has 146 valence electrons. The first-order valence-electron chi connectivity index (χ1n) is 8.88. The zero-order valence-corrected chi connectivity index (χ0v) is 17.7. The molecule has 0 N–H and O–H groups in total. The highest BCUT2D eigenvalue weighted by molar-refractivity contribution is 7.99. The van der Waals surface area contributed by atoms with Gasteiger partial charge in [-0.05, 0) is 32.9 Å². The number of hydrogen-bond acceptors (Lipinski definition) is 7. The highest BCUT2D eigenvalue weighted by Crippen LogP contribution is 2.19. The molecular formula is C16H36O6SSi. The van der Waals surface area contributed by atoms with Crippen molar-refractivity contribution in [3.8, 4) is 0 Å². The maximum atomic E-state index is 5.85. The van der Waals surface area contributed by atoms with Crippen LogP contribution in [0.5, 0.6) is 0 Å². The summed E-state index contributed by atoms with van der Waals surface area (Å²) >= 11 is 1.89. The molecule has 8 heteroatoms. The monoisotopic (exact) mass is 384 g/mol. The molecule has 0 bridgehead atoms. The summed E-state index contributed by atoms with van der Waals surface area (Å²) in [6.45, 7) is 11.2. The third kappa shape index (κ3) is 13.6. The summed E-state index contributed by atoms with van der Waals surface area (Å²) in [4.78, 5) is 0. The molecule has 0 aliphatic heterocycles. The van der Waals surface area contributed by atoms with Gasteiger partial charge in [-0.25, -0.2) is 0 Å². The maximum absolute atomic E-state index is 5.85. The molecule has 0 rings (SSSR count). The fraction of sp³-hybridized carbons (Fsp3) is 1.00. The van der Waals surface area contributed by atoms with Gasteiger partial charge in [0.25, 0.3) is 0 Å². The number of ether oxygens (including phenoxy) is 3. The maximum Gasteiger partial charge on any atom is 0.500 e. The molecule has 0 saturated heterocycles. The van der Waals surface area contributed by atoms with Crippen molar-refractivity contribution in [2.24, 2.45) is 0 Å². The predicted molar refractivity (Wildman–Crippen MR) is 101 cm³/mol. The smallest absolute Gasteiger partial charge is 0.382 e. The van der Waals surface area contributed by atoms with Crippen LogP contribution < -0.4 is 0 Å². The van der Waals surface area contributed by atoms with E-state index >= 15 is 0 Å². The lowest BCUT2D eigenvalue weighted by Gasteiger charge is -2.28. The van der Waals surface area contributed by atoms with Gasteiger partial charge in [0.2, 0.25) is 0 Å². The second-order valence-electron chi connectivity index (χ2n) is 4.92. The van der Waals surface area contributed by atoms with E-state index in [1.807, 2.05) is 32.5 Å². The highest BCUT2D eigenvalue weighted by Gasteiger charge is 2.39. The first kappa shape index (κ1) is 24.3. The van der Waals surface area contributed by atoms with Crippen LogP contribution in [0.4, 0.5) is 0 Å². The lowest BCUT2D eigenvalue weighted by Crippen LogP contribution is -2.46. The molecule has 0 aliphatic rings. The molecule has 0 spiro atoms. The Kier molecular flexibility index (Phi) is 18.4. The van der Waals surface area contributed by atoms with Crippen LogP contribution in [0.1, 0.15) is 27.2 Å². The minimum atomic E-state index is -2.46. The molecule has 6 nitrogen and oxygen atoms in total.